The standard InChI is InChI=1S/C14H22N4/c1-14(2)5-3-8-18(9-6-14)12-10-17-7-4-11(12)13(15)16/h4,7,10H,3,5-6,8-9H2,1-2H3,(H3,15,16). The SMILES string of the molecule is CC1(C)CCCN(c2cnccc2C(=N)N)CC1. The number of aromatic nitrogens is 1. The molecule has 1 aliphatic rings. The zero-order chi connectivity index (χ0) is 13.2. The van der Waals surface area contributed by atoms with Crippen molar-refractivity contribution in [3.63, 3.8) is 0 Å². The van der Waals surface area contributed by atoms with Crippen LogP contribution >= 0.6 is 0 Å². The Morgan fingerprint density at radius 3 is 2.89 bits per heavy atom. The maximum Gasteiger partial charge on any atom is 0.125 e. The van der Waals surface area contributed by atoms with Crippen molar-refractivity contribution in [3.05, 3.63) is 24.0 Å². The number of pyridine rings is 1. The summed E-state index contributed by atoms with van der Waals surface area (Å²) in [5.41, 5.74) is 7.85. The van der Waals surface area contributed by atoms with E-state index in [4.69, 9.17) is 11.1 Å². The van der Waals surface area contributed by atoms with E-state index in [1.54, 1.807) is 6.20 Å². The van der Waals surface area contributed by atoms with Crippen molar-refractivity contribution >= 4 is 11.5 Å². The van der Waals surface area contributed by atoms with Crippen LogP contribution < -0.4 is 10.6 Å². The zero-order valence-corrected chi connectivity index (χ0v) is 11.2. The van der Waals surface area contributed by atoms with Crippen LogP contribution in [0.15, 0.2) is 18.5 Å². The predicted molar refractivity (Wildman–Crippen MR) is 75.1 cm³/mol. The Balaban J connectivity index is 2.24. The molecule has 2 rings (SSSR count). The van der Waals surface area contributed by atoms with Gasteiger partial charge in [-0.15, -0.1) is 0 Å². The molecule has 0 amide bonds. The highest BCUT2D eigenvalue weighted by Crippen LogP contribution is 2.32. The van der Waals surface area contributed by atoms with Crippen LogP contribution in [0.1, 0.15) is 38.7 Å². The van der Waals surface area contributed by atoms with E-state index in [1.807, 2.05) is 12.3 Å². The monoisotopic (exact) mass is 246 g/mol. The second kappa shape index (κ2) is 4.96. The zero-order valence-electron chi connectivity index (χ0n) is 11.2. The number of nitrogens with one attached hydrogen (secondary N) is 1. The first-order valence-corrected chi connectivity index (χ1v) is 6.53. The van der Waals surface area contributed by atoms with E-state index in [1.165, 1.54) is 19.3 Å². The first kappa shape index (κ1) is 12.9. The predicted octanol–water partition coefficient (Wildman–Crippen LogP) is 2.38. The minimum atomic E-state index is 0.121. The molecule has 0 atom stereocenters. The lowest BCUT2D eigenvalue weighted by Gasteiger charge is -2.26. The van der Waals surface area contributed by atoms with E-state index in [9.17, 15) is 0 Å². The molecule has 1 aromatic heterocycles. The number of amidine groups is 1. The van der Waals surface area contributed by atoms with Gasteiger partial charge in [-0.3, -0.25) is 10.4 Å². The highest BCUT2D eigenvalue weighted by atomic mass is 15.1. The average Bonchev–Trinajstić information content (AvgIpc) is 2.50. The van der Waals surface area contributed by atoms with Crippen LogP contribution in [0.5, 0.6) is 0 Å². The number of hydrogen-bond acceptors (Lipinski definition) is 3. The lowest BCUT2D eigenvalue weighted by molar-refractivity contribution is 0.325. The van der Waals surface area contributed by atoms with Gasteiger partial charge < -0.3 is 10.6 Å². The van der Waals surface area contributed by atoms with E-state index in [0.717, 1.165) is 24.3 Å². The number of nitrogens with two attached hydrogens (primary N) is 1. The molecule has 1 fully saturated rings. The number of nitrogens with zero attached hydrogens (tertiary/aromatic N) is 2. The van der Waals surface area contributed by atoms with Gasteiger partial charge in [0, 0.05) is 24.8 Å². The fourth-order valence-electron chi connectivity index (χ4n) is 2.53. The van der Waals surface area contributed by atoms with Crippen molar-refractivity contribution in [2.75, 3.05) is 18.0 Å². The molecule has 4 heteroatoms. The maximum atomic E-state index is 7.65. The Kier molecular flexibility index (Phi) is 3.55. The first-order valence-electron chi connectivity index (χ1n) is 6.53. The third kappa shape index (κ3) is 2.81. The van der Waals surface area contributed by atoms with Crippen molar-refractivity contribution in [2.24, 2.45) is 11.1 Å². The Hall–Kier alpha value is -1.58. The largest absolute Gasteiger partial charge is 0.384 e. The molecule has 0 radical (unpaired) electrons. The normalized spacial score (nSPS) is 19.3. The third-order valence-corrected chi connectivity index (χ3v) is 3.77. The summed E-state index contributed by atoms with van der Waals surface area (Å²) in [6.45, 7) is 6.69. The molecule has 0 aliphatic carbocycles. The van der Waals surface area contributed by atoms with Crippen molar-refractivity contribution in [2.45, 2.75) is 33.1 Å². The highest BCUT2D eigenvalue weighted by Gasteiger charge is 2.24. The molecule has 3 N–H and O–H groups in total. The Labute approximate surface area is 109 Å². The summed E-state index contributed by atoms with van der Waals surface area (Å²) >= 11 is 0. The van der Waals surface area contributed by atoms with Crippen molar-refractivity contribution in [1.29, 1.82) is 5.41 Å². The third-order valence-electron chi connectivity index (χ3n) is 3.77. The molecule has 0 bridgehead atoms. The van der Waals surface area contributed by atoms with Gasteiger partial charge in [-0.1, -0.05) is 13.8 Å². The second-order valence-corrected chi connectivity index (χ2v) is 5.81. The molecule has 0 aromatic carbocycles. The summed E-state index contributed by atoms with van der Waals surface area (Å²) in [4.78, 5) is 6.49. The number of nitrogen functional groups attached to an aromatic ring is 1. The van der Waals surface area contributed by atoms with Gasteiger partial charge in [-0.2, -0.15) is 0 Å². The molecule has 1 saturated heterocycles. The first-order chi connectivity index (χ1) is 8.49. The molecule has 1 aromatic rings. The molecule has 1 aliphatic heterocycles. The minimum absolute atomic E-state index is 0.121. The molecule has 0 spiro atoms. The fourth-order valence-corrected chi connectivity index (χ4v) is 2.53. The van der Waals surface area contributed by atoms with Crippen LogP contribution in [0.2, 0.25) is 0 Å². The Morgan fingerprint density at radius 1 is 1.39 bits per heavy atom. The average molecular weight is 246 g/mol. The van der Waals surface area contributed by atoms with Gasteiger partial charge in [-0.05, 0) is 30.7 Å². The quantitative estimate of drug-likeness (QED) is 0.622. The minimum Gasteiger partial charge on any atom is -0.384 e. The maximum absolute atomic E-state index is 7.65. The van der Waals surface area contributed by atoms with Gasteiger partial charge in [0.25, 0.3) is 0 Å². The summed E-state index contributed by atoms with van der Waals surface area (Å²) in [7, 11) is 0. The van der Waals surface area contributed by atoms with Crippen molar-refractivity contribution in [3.8, 4) is 0 Å². The van der Waals surface area contributed by atoms with Crippen LogP contribution in [-0.2, 0) is 0 Å². The van der Waals surface area contributed by atoms with E-state index in [-0.39, 0.29) is 5.84 Å². The number of rotatable bonds is 2. The highest BCUT2D eigenvalue weighted by molar-refractivity contribution is 6.00. The summed E-state index contributed by atoms with van der Waals surface area (Å²) in [5.74, 6) is 0.121. The van der Waals surface area contributed by atoms with Crippen LogP contribution in [0.4, 0.5) is 5.69 Å². The molecular weight excluding hydrogens is 224 g/mol. The van der Waals surface area contributed by atoms with E-state index >= 15 is 0 Å². The molecule has 18 heavy (non-hydrogen) atoms. The topological polar surface area (TPSA) is 66.0 Å². The Bertz CT molecular complexity index is 439. The van der Waals surface area contributed by atoms with E-state index < -0.39 is 0 Å². The second-order valence-electron chi connectivity index (χ2n) is 5.81. The van der Waals surface area contributed by atoms with E-state index in [2.05, 4.69) is 23.7 Å². The van der Waals surface area contributed by atoms with Gasteiger partial charge in [0.05, 0.1) is 11.9 Å². The van der Waals surface area contributed by atoms with E-state index in [0.29, 0.717) is 5.41 Å². The van der Waals surface area contributed by atoms with Gasteiger partial charge >= 0.3 is 0 Å². The summed E-state index contributed by atoms with van der Waals surface area (Å²) in [6.07, 6.45) is 7.12. The number of anilines is 1. The summed E-state index contributed by atoms with van der Waals surface area (Å²) in [6, 6.07) is 1.83. The van der Waals surface area contributed by atoms with Crippen LogP contribution in [0, 0.1) is 10.8 Å². The molecule has 0 unspecified atom stereocenters. The molecule has 98 valence electrons. The molecule has 0 saturated carbocycles. The van der Waals surface area contributed by atoms with Gasteiger partial charge in [-0.25, -0.2) is 0 Å². The molecular formula is C14H22N4. The number of hydrogen-bond donors (Lipinski definition) is 2. The Morgan fingerprint density at radius 2 is 2.17 bits per heavy atom. The lowest BCUT2D eigenvalue weighted by Crippen LogP contribution is -2.28. The van der Waals surface area contributed by atoms with Crippen LogP contribution in [-0.4, -0.2) is 23.9 Å². The smallest absolute Gasteiger partial charge is 0.125 e. The van der Waals surface area contributed by atoms with Crippen LogP contribution in [0.25, 0.3) is 0 Å². The summed E-state index contributed by atoms with van der Waals surface area (Å²) in [5, 5.41) is 7.65. The fraction of sp³-hybridized carbons (Fsp3) is 0.571. The molecule has 2 heterocycles. The van der Waals surface area contributed by atoms with Crippen molar-refractivity contribution in [1.82, 2.24) is 4.98 Å². The summed E-state index contributed by atoms with van der Waals surface area (Å²) < 4.78 is 0. The molecule has 4 nitrogen and oxygen atoms in total. The van der Waals surface area contributed by atoms with Gasteiger partial charge in [0.1, 0.15) is 5.84 Å². The van der Waals surface area contributed by atoms with Crippen molar-refractivity contribution < 1.29 is 0 Å². The van der Waals surface area contributed by atoms with Gasteiger partial charge in [0.2, 0.25) is 0 Å². The lowest BCUT2D eigenvalue weighted by atomic mass is 9.85. The van der Waals surface area contributed by atoms with Gasteiger partial charge in [0.15, 0.2) is 0 Å². The van der Waals surface area contributed by atoms with Crippen LogP contribution in [0.3, 0.4) is 0 Å².